The van der Waals surface area contributed by atoms with E-state index in [2.05, 4.69) is 38.8 Å². The Hall–Kier alpha value is 0.600. The summed E-state index contributed by atoms with van der Waals surface area (Å²) < 4.78 is 0. The van der Waals surface area contributed by atoms with Crippen LogP contribution >= 0.6 is 15.8 Å². The van der Waals surface area contributed by atoms with Crippen molar-refractivity contribution in [1.29, 1.82) is 0 Å². The van der Waals surface area contributed by atoms with Gasteiger partial charge in [0.25, 0.3) is 0 Å². The second-order valence-electron chi connectivity index (χ2n) is 4.14. The fourth-order valence-corrected chi connectivity index (χ4v) is 4.95. The maximum atomic E-state index is 2.47. The zero-order chi connectivity index (χ0) is 9.14. The van der Waals surface area contributed by atoms with Crippen LogP contribution in [0.4, 0.5) is 0 Å². The van der Waals surface area contributed by atoms with Gasteiger partial charge in [-0.2, -0.15) is 0 Å². The number of rotatable bonds is 3. The van der Waals surface area contributed by atoms with Gasteiger partial charge in [0.2, 0.25) is 0 Å². The second kappa shape index (κ2) is 4.73. The summed E-state index contributed by atoms with van der Waals surface area (Å²) in [5.74, 6) is 0.993. The molecule has 0 fully saturated rings. The molecule has 12 heavy (non-hydrogen) atoms. The summed E-state index contributed by atoms with van der Waals surface area (Å²) in [4.78, 5) is 0. The fraction of sp³-hybridized carbons (Fsp3) is 0.800. The van der Waals surface area contributed by atoms with Crippen molar-refractivity contribution in [3.63, 3.8) is 0 Å². The van der Waals surface area contributed by atoms with Gasteiger partial charge in [0.1, 0.15) is 0 Å². The maximum Gasteiger partial charge on any atom is 0.00000506 e. The van der Waals surface area contributed by atoms with Crippen molar-refractivity contribution in [2.45, 2.75) is 12.1 Å². The Morgan fingerprint density at radius 2 is 1.92 bits per heavy atom. The SMILES string of the molecule is CP(C)CC1CC=CC1P(C)C. The summed E-state index contributed by atoms with van der Waals surface area (Å²) in [6, 6.07) is 0. The first-order valence-electron chi connectivity index (χ1n) is 4.59. The van der Waals surface area contributed by atoms with E-state index >= 15 is 0 Å². The van der Waals surface area contributed by atoms with Crippen LogP contribution in [0.3, 0.4) is 0 Å². The molecule has 0 heterocycles. The molecular formula is C10H20P2. The monoisotopic (exact) mass is 202 g/mol. The van der Waals surface area contributed by atoms with Crippen molar-refractivity contribution in [2.24, 2.45) is 5.92 Å². The van der Waals surface area contributed by atoms with Gasteiger partial charge >= 0.3 is 0 Å². The van der Waals surface area contributed by atoms with Gasteiger partial charge in [-0.1, -0.05) is 12.2 Å². The normalized spacial score (nSPS) is 29.2. The Kier molecular flexibility index (Phi) is 4.21. The van der Waals surface area contributed by atoms with Gasteiger partial charge in [0.15, 0.2) is 0 Å². The lowest BCUT2D eigenvalue weighted by Gasteiger charge is -2.24. The van der Waals surface area contributed by atoms with Gasteiger partial charge in [-0.25, -0.2) is 0 Å². The van der Waals surface area contributed by atoms with Crippen LogP contribution in [-0.4, -0.2) is 38.5 Å². The number of allylic oxidation sites excluding steroid dienone is 2. The highest BCUT2D eigenvalue weighted by atomic mass is 31.1. The van der Waals surface area contributed by atoms with Crippen LogP contribution in [0.2, 0.25) is 0 Å². The summed E-state index contributed by atoms with van der Waals surface area (Å²) in [7, 11) is 0.560. The zero-order valence-corrected chi connectivity index (χ0v) is 10.4. The Bertz CT molecular complexity index is 161. The van der Waals surface area contributed by atoms with E-state index < -0.39 is 0 Å². The van der Waals surface area contributed by atoms with Crippen LogP contribution < -0.4 is 0 Å². The molecule has 0 radical (unpaired) electrons. The number of hydrogen-bond acceptors (Lipinski definition) is 0. The van der Waals surface area contributed by atoms with Crippen molar-refractivity contribution in [2.75, 3.05) is 32.8 Å². The van der Waals surface area contributed by atoms with E-state index in [1.54, 1.807) is 0 Å². The first-order chi connectivity index (χ1) is 5.61. The van der Waals surface area contributed by atoms with E-state index in [1.807, 2.05) is 0 Å². The van der Waals surface area contributed by atoms with Crippen LogP contribution in [0.15, 0.2) is 12.2 Å². The smallest absolute Gasteiger partial charge is 0.00000506 e. The molecule has 0 aromatic rings. The molecule has 1 rings (SSSR count). The predicted octanol–water partition coefficient (Wildman–Crippen LogP) is 3.41. The summed E-state index contributed by atoms with van der Waals surface area (Å²) >= 11 is 0. The summed E-state index contributed by atoms with van der Waals surface area (Å²) in [5, 5.41) is 0. The van der Waals surface area contributed by atoms with Crippen molar-refractivity contribution in [1.82, 2.24) is 0 Å². The van der Waals surface area contributed by atoms with E-state index in [1.165, 1.54) is 12.6 Å². The van der Waals surface area contributed by atoms with Crippen molar-refractivity contribution in [3.8, 4) is 0 Å². The Balaban J connectivity index is 2.45. The molecular weight excluding hydrogens is 182 g/mol. The van der Waals surface area contributed by atoms with Gasteiger partial charge < -0.3 is 0 Å². The first-order valence-corrected chi connectivity index (χ1v) is 9.31. The molecule has 0 N–H and O–H groups in total. The standard InChI is InChI=1S/C10H20P2/c1-11(2)8-9-6-5-7-10(9)12(3)4/h5,7,9-10H,6,8H2,1-4H3. The second-order valence-corrected chi connectivity index (χ2v) is 9.19. The molecule has 0 amide bonds. The minimum Gasteiger partial charge on any atom is -0.113 e. The van der Waals surface area contributed by atoms with Crippen molar-refractivity contribution >= 4 is 15.8 Å². The van der Waals surface area contributed by atoms with E-state index in [4.69, 9.17) is 0 Å². The van der Waals surface area contributed by atoms with E-state index in [0.717, 1.165) is 11.6 Å². The summed E-state index contributed by atoms with van der Waals surface area (Å²) in [6.45, 7) is 9.63. The van der Waals surface area contributed by atoms with Gasteiger partial charge in [0.05, 0.1) is 0 Å². The van der Waals surface area contributed by atoms with Crippen LogP contribution in [0, 0.1) is 5.92 Å². The molecule has 2 atom stereocenters. The topological polar surface area (TPSA) is 0 Å². The molecule has 0 bridgehead atoms. The molecule has 0 aliphatic heterocycles. The molecule has 1 aliphatic rings. The first kappa shape index (κ1) is 10.7. The molecule has 0 aromatic heterocycles. The highest BCUT2D eigenvalue weighted by Gasteiger charge is 2.25. The van der Waals surface area contributed by atoms with Gasteiger partial charge in [-0.15, -0.1) is 15.8 Å². The third kappa shape index (κ3) is 2.82. The molecule has 70 valence electrons. The molecule has 0 spiro atoms. The van der Waals surface area contributed by atoms with Crippen molar-refractivity contribution in [3.05, 3.63) is 12.2 Å². The summed E-state index contributed by atoms with van der Waals surface area (Å²) in [5.41, 5.74) is 0.935. The van der Waals surface area contributed by atoms with E-state index in [9.17, 15) is 0 Å². The molecule has 0 nitrogen and oxygen atoms in total. The highest BCUT2D eigenvalue weighted by molar-refractivity contribution is 7.57. The molecule has 1 aliphatic carbocycles. The number of hydrogen-bond donors (Lipinski definition) is 0. The van der Waals surface area contributed by atoms with E-state index in [0.29, 0.717) is 7.92 Å². The lowest BCUT2D eigenvalue weighted by atomic mass is 10.1. The predicted molar refractivity (Wildman–Crippen MR) is 63.4 cm³/mol. The van der Waals surface area contributed by atoms with Crippen molar-refractivity contribution < 1.29 is 0 Å². The lowest BCUT2D eigenvalue weighted by molar-refractivity contribution is 0.653. The molecule has 2 unspecified atom stereocenters. The van der Waals surface area contributed by atoms with Crippen LogP contribution in [-0.2, 0) is 0 Å². The average Bonchev–Trinajstić information content (AvgIpc) is 2.33. The Morgan fingerprint density at radius 1 is 1.25 bits per heavy atom. The van der Waals surface area contributed by atoms with Gasteiger partial charge in [0, 0.05) is 5.66 Å². The zero-order valence-electron chi connectivity index (χ0n) is 8.62. The largest absolute Gasteiger partial charge is 0.113 e. The van der Waals surface area contributed by atoms with Gasteiger partial charge in [-0.05, 0) is 45.2 Å². The minimum absolute atomic E-state index is 0.252. The van der Waals surface area contributed by atoms with Gasteiger partial charge in [-0.3, -0.25) is 0 Å². The molecule has 2 heteroatoms. The Labute approximate surface area is 79.3 Å². The molecule has 0 saturated carbocycles. The average molecular weight is 202 g/mol. The fourth-order valence-electron chi connectivity index (χ4n) is 1.93. The third-order valence-corrected chi connectivity index (χ3v) is 5.44. The maximum absolute atomic E-state index is 2.47. The van der Waals surface area contributed by atoms with Crippen LogP contribution in [0.1, 0.15) is 6.42 Å². The van der Waals surface area contributed by atoms with Crippen LogP contribution in [0.5, 0.6) is 0 Å². The van der Waals surface area contributed by atoms with E-state index in [-0.39, 0.29) is 7.92 Å². The third-order valence-electron chi connectivity index (χ3n) is 2.45. The minimum atomic E-state index is 0.252. The van der Waals surface area contributed by atoms with Crippen LogP contribution in [0.25, 0.3) is 0 Å². The molecule has 0 saturated heterocycles. The Morgan fingerprint density at radius 3 is 2.42 bits per heavy atom. The molecule has 0 aromatic carbocycles. The lowest BCUT2D eigenvalue weighted by Crippen LogP contribution is -2.14. The summed E-state index contributed by atoms with van der Waals surface area (Å²) in [6.07, 6.45) is 7.70. The quantitative estimate of drug-likeness (QED) is 0.486. The highest BCUT2D eigenvalue weighted by Crippen LogP contribution is 2.46.